The zero-order chi connectivity index (χ0) is 25.1. The number of ketones is 1. The lowest BCUT2D eigenvalue weighted by Crippen LogP contribution is -2.39. The van der Waals surface area contributed by atoms with Crippen molar-refractivity contribution in [3.8, 4) is 5.75 Å². The van der Waals surface area contributed by atoms with Crippen LogP contribution in [0.2, 0.25) is 0 Å². The minimum atomic E-state index is -0.744. The highest BCUT2D eigenvalue weighted by Gasteiger charge is 2.45. The van der Waals surface area contributed by atoms with Crippen molar-refractivity contribution in [3.05, 3.63) is 101 Å². The number of nitrogens with zero attached hydrogens (tertiary/aromatic N) is 2. The van der Waals surface area contributed by atoms with Crippen molar-refractivity contribution >= 4 is 11.7 Å². The van der Waals surface area contributed by atoms with E-state index in [1.807, 2.05) is 81.4 Å². The number of aryl methyl sites for hydroxylation is 1. The fraction of sp³-hybridized carbons (Fsp3) is 0.286. The van der Waals surface area contributed by atoms with Gasteiger partial charge in [-0.3, -0.25) is 9.59 Å². The maximum Gasteiger partial charge on any atom is 0.290 e. The number of amides is 1. The van der Waals surface area contributed by atoms with Crippen molar-refractivity contribution in [2.45, 2.75) is 25.9 Å². The van der Waals surface area contributed by atoms with E-state index in [0.717, 1.165) is 22.4 Å². The first-order valence-corrected chi connectivity index (χ1v) is 11.6. The molecule has 1 aromatic heterocycles. The standard InChI is InChI=1S/C28H30N2O5/c1-5-34-20-14-12-19(13-15-20)22(29(3)4)17-30-25(21-10-7-6-9-18(21)2)24(27(32)28(30)33)26(31)23-11-8-16-35-23/h6-16,22,25,32H,5,17H2,1-4H3. The second kappa shape index (κ2) is 10.2. The molecule has 1 N–H and O–H groups in total. The summed E-state index contributed by atoms with van der Waals surface area (Å²) in [4.78, 5) is 30.4. The molecule has 182 valence electrons. The minimum Gasteiger partial charge on any atom is -0.503 e. The molecule has 2 aromatic carbocycles. The second-order valence-electron chi connectivity index (χ2n) is 8.77. The van der Waals surface area contributed by atoms with Gasteiger partial charge in [-0.25, -0.2) is 0 Å². The van der Waals surface area contributed by atoms with Crippen LogP contribution in [0.1, 0.15) is 46.3 Å². The van der Waals surface area contributed by atoms with Gasteiger partial charge in [0.2, 0.25) is 5.78 Å². The summed E-state index contributed by atoms with van der Waals surface area (Å²) in [5.74, 6) is -0.765. The number of Topliss-reactive ketones (excluding diaryl/α,β-unsaturated/α-hetero) is 1. The molecule has 0 bridgehead atoms. The Hall–Kier alpha value is -3.84. The van der Waals surface area contributed by atoms with Gasteiger partial charge in [0, 0.05) is 6.54 Å². The lowest BCUT2D eigenvalue weighted by molar-refractivity contribution is -0.130. The Kier molecular flexibility index (Phi) is 7.07. The molecule has 7 heteroatoms. The molecule has 0 spiro atoms. The van der Waals surface area contributed by atoms with Crippen LogP contribution in [0, 0.1) is 6.92 Å². The third-order valence-electron chi connectivity index (χ3n) is 6.35. The number of likely N-dealkylation sites (N-methyl/N-ethyl adjacent to an activating group) is 1. The van der Waals surface area contributed by atoms with Crippen molar-refractivity contribution in [2.24, 2.45) is 0 Å². The molecule has 3 aromatic rings. The third kappa shape index (κ3) is 4.72. The van der Waals surface area contributed by atoms with Crippen LogP contribution < -0.4 is 4.74 Å². The zero-order valence-corrected chi connectivity index (χ0v) is 20.4. The first-order valence-electron chi connectivity index (χ1n) is 11.6. The largest absolute Gasteiger partial charge is 0.503 e. The quantitative estimate of drug-likeness (QED) is 0.446. The van der Waals surface area contributed by atoms with Crippen LogP contribution in [-0.4, -0.2) is 53.8 Å². The summed E-state index contributed by atoms with van der Waals surface area (Å²) in [5.41, 5.74) is 2.71. The molecule has 0 fully saturated rings. The average Bonchev–Trinajstić information content (AvgIpc) is 3.46. The van der Waals surface area contributed by atoms with Crippen molar-refractivity contribution in [1.82, 2.24) is 9.80 Å². The number of aliphatic hydroxyl groups excluding tert-OH is 1. The number of carbonyl (C=O) groups is 2. The minimum absolute atomic E-state index is 0.0310. The van der Waals surface area contributed by atoms with Crippen LogP contribution in [0.15, 0.2) is 82.7 Å². The number of carbonyl (C=O) groups excluding carboxylic acids is 2. The fourth-order valence-corrected chi connectivity index (χ4v) is 4.54. The fourth-order valence-electron chi connectivity index (χ4n) is 4.54. The van der Waals surface area contributed by atoms with E-state index in [9.17, 15) is 14.7 Å². The van der Waals surface area contributed by atoms with Gasteiger partial charge >= 0.3 is 0 Å². The van der Waals surface area contributed by atoms with Gasteiger partial charge in [0.25, 0.3) is 5.91 Å². The van der Waals surface area contributed by atoms with E-state index >= 15 is 0 Å². The first kappa shape index (κ1) is 24.3. The van der Waals surface area contributed by atoms with Gasteiger partial charge in [-0.05, 0) is 68.9 Å². The lowest BCUT2D eigenvalue weighted by Gasteiger charge is -2.34. The molecule has 0 radical (unpaired) electrons. The summed E-state index contributed by atoms with van der Waals surface area (Å²) in [6, 6.07) is 17.5. The molecule has 1 aliphatic rings. The highest BCUT2D eigenvalue weighted by atomic mass is 16.5. The molecule has 2 unspecified atom stereocenters. The van der Waals surface area contributed by atoms with Crippen molar-refractivity contribution in [3.63, 3.8) is 0 Å². The van der Waals surface area contributed by atoms with Crippen molar-refractivity contribution in [1.29, 1.82) is 0 Å². The first-order chi connectivity index (χ1) is 16.8. The summed E-state index contributed by atoms with van der Waals surface area (Å²) in [6.45, 7) is 4.70. The molecule has 7 nitrogen and oxygen atoms in total. The molecule has 0 saturated carbocycles. The van der Waals surface area contributed by atoms with Crippen molar-refractivity contribution < 1.29 is 23.8 Å². The molecule has 2 heterocycles. The highest BCUT2D eigenvalue weighted by molar-refractivity contribution is 6.15. The maximum absolute atomic E-state index is 13.4. The van der Waals surface area contributed by atoms with E-state index in [1.165, 1.54) is 12.3 Å². The number of hydrogen-bond acceptors (Lipinski definition) is 6. The number of aliphatic hydroxyl groups is 1. The van der Waals surface area contributed by atoms with Gasteiger partial charge in [-0.1, -0.05) is 36.4 Å². The van der Waals surface area contributed by atoms with Crippen LogP contribution in [0.5, 0.6) is 5.75 Å². The predicted molar refractivity (Wildman–Crippen MR) is 132 cm³/mol. The van der Waals surface area contributed by atoms with Crippen LogP contribution in [-0.2, 0) is 4.79 Å². The Labute approximate surface area is 205 Å². The van der Waals surface area contributed by atoms with E-state index in [1.54, 1.807) is 11.0 Å². The third-order valence-corrected chi connectivity index (χ3v) is 6.35. The SMILES string of the molecule is CCOc1ccc(C(CN2C(=O)C(O)=C(C(=O)c3ccco3)C2c2ccccc2C)N(C)C)cc1. The normalized spacial score (nSPS) is 16.8. The molecule has 0 saturated heterocycles. The maximum atomic E-state index is 13.4. The number of rotatable bonds is 9. The Balaban J connectivity index is 1.75. The Morgan fingerprint density at radius 3 is 2.43 bits per heavy atom. The van der Waals surface area contributed by atoms with Gasteiger partial charge in [-0.2, -0.15) is 0 Å². The Morgan fingerprint density at radius 1 is 1.11 bits per heavy atom. The predicted octanol–water partition coefficient (Wildman–Crippen LogP) is 4.87. The molecule has 1 amide bonds. The lowest BCUT2D eigenvalue weighted by atomic mass is 9.91. The number of hydrogen-bond donors (Lipinski definition) is 1. The highest BCUT2D eigenvalue weighted by Crippen LogP contribution is 2.41. The van der Waals surface area contributed by atoms with E-state index in [0.29, 0.717) is 6.61 Å². The molecule has 4 rings (SSSR count). The van der Waals surface area contributed by atoms with Crippen molar-refractivity contribution in [2.75, 3.05) is 27.2 Å². The molecule has 35 heavy (non-hydrogen) atoms. The van der Waals surface area contributed by atoms with Gasteiger partial charge in [-0.15, -0.1) is 0 Å². The molecule has 1 aliphatic heterocycles. The zero-order valence-electron chi connectivity index (χ0n) is 20.4. The van der Waals surface area contributed by atoms with Crippen LogP contribution in [0.3, 0.4) is 0 Å². The van der Waals surface area contributed by atoms with Crippen LogP contribution >= 0.6 is 0 Å². The monoisotopic (exact) mass is 474 g/mol. The Bertz CT molecular complexity index is 1230. The number of benzene rings is 2. The smallest absolute Gasteiger partial charge is 0.290 e. The van der Waals surface area contributed by atoms with Crippen LogP contribution in [0.25, 0.3) is 0 Å². The summed E-state index contributed by atoms with van der Waals surface area (Å²) in [5, 5.41) is 10.9. The van der Waals surface area contributed by atoms with E-state index in [2.05, 4.69) is 0 Å². The molecule has 0 aliphatic carbocycles. The summed E-state index contributed by atoms with van der Waals surface area (Å²) in [6.07, 6.45) is 1.40. The molecule has 2 atom stereocenters. The van der Waals surface area contributed by atoms with Gasteiger partial charge in [0.1, 0.15) is 5.75 Å². The summed E-state index contributed by atoms with van der Waals surface area (Å²) < 4.78 is 10.9. The van der Waals surface area contributed by atoms with E-state index in [4.69, 9.17) is 9.15 Å². The number of ether oxygens (including phenoxy) is 1. The van der Waals surface area contributed by atoms with E-state index in [-0.39, 0.29) is 23.9 Å². The van der Waals surface area contributed by atoms with Gasteiger partial charge < -0.3 is 24.1 Å². The Morgan fingerprint density at radius 2 is 1.83 bits per heavy atom. The van der Waals surface area contributed by atoms with Gasteiger partial charge in [0.15, 0.2) is 11.5 Å². The molecular weight excluding hydrogens is 444 g/mol. The topological polar surface area (TPSA) is 83.2 Å². The summed E-state index contributed by atoms with van der Waals surface area (Å²) in [7, 11) is 3.87. The second-order valence-corrected chi connectivity index (χ2v) is 8.77. The number of furan rings is 1. The van der Waals surface area contributed by atoms with Crippen LogP contribution in [0.4, 0.5) is 0 Å². The van der Waals surface area contributed by atoms with E-state index < -0.39 is 23.5 Å². The average molecular weight is 475 g/mol. The summed E-state index contributed by atoms with van der Waals surface area (Å²) >= 11 is 0. The molecular formula is C28H30N2O5. The van der Waals surface area contributed by atoms with Gasteiger partial charge in [0.05, 0.1) is 30.5 Å².